The van der Waals surface area contributed by atoms with Gasteiger partial charge in [0.25, 0.3) is 0 Å². The summed E-state index contributed by atoms with van der Waals surface area (Å²) >= 11 is 0. The molecule has 1 saturated heterocycles. The summed E-state index contributed by atoms with van der Waals surface area (Å²) in [6.07, 6.45) is 6.87. The fourth-order valence-corrected chi connectivity index (χ4v) is 5.16. The molecule has 3 rings (SSSR count). The topological polar surface area (TPSA) is 75.3 Å². The first-order valence-electron chi connectivity index (χ1n) is 8.17. The van der Waals surface area contributed by atoms with Crippen LogP contribution in [0.1, 0.15) is 51.9 Å². The Hall–Kier alpha value is -0.780. The minimum Gasteiger partial charge on any atom is -0.335 e. The molecule has 1 aliphatic heterocycles. The first kappa shape index (κ1) is 15.1. The van der Waals surface area contributed by atoms with Crippen molar-refractivity contribution in [3.8, 4) is 0 Å². The van der Waals surface area contributed by atoms with Gasteiger partial charge < -0.3 is 10.6 Å². The number of rotatable bonds is 4. The Morgan fingerprint density at radius 2 is 1.86 bits per heavy atom. The fourth-order valence-electron chi connectivity index (χ4n) is 3.67. The first-order chi connectivity index (χ1) is 9.88. The van der Waals surface area contributed by atoms with Gasteiger partial charge in [0.1, 0.15) is 9.84 Å². The molecule has 3 aliphatic rings. The molecule has 2 N–H and O–H groups in total. The van der Waals surface area contributed by atoms with E-state index in [9.17, 15) is 13.2 Å². The molecule has 2 saturated carbocycles. The Balaban J connectivity index is 1.47. The van der Waals surface area contributed by atoms with E-state index in [1.807, 2.05) is 0 Å². The summed E-state index contributed by atoms with van der Waals surface area (Å²) in [5.41, 5.74) is 0.0141. The summed E-state index contributed by atoms with van der Waals surface area (Å²) < 4.78 is 22.8. The van der Waals surface area contributed by atoms with E-state index in [2.05, 4.69) is 17.6 Å². The van der Waals surface area contributed by atoms with E-state index in [0.717, 1.165) is 31.1 Å². The van der Waals surface area contributed by atoms with Crippen molar-refractivity contribution in [3.63, 3.8) is 0 Å². The van der Waals surface area contributed by atoms with Crippen molar-refractivity contribution in [2.75, 3.05) is 11.5 Å². The number of hydrogen-bond acceptors (Lipinski definition) is 3. The monoisotopic (exact) mass is 314 g/mol. The van der Waals surface area contributed by atoms with Crippen LogP contribution in [0, 0.1) is 11.8 Å². The molecule has 1 heterocycles. The second-order valence-corrected chi connectivity index (χ2v) is 9.64. The number of carbonyl (C=O) groups is 1. The van der Waals surface area contributed by atoms with Crippen LogP contribution in [-0.4, -0.2) is 37.5 Å². The zero-order valence-electron chi connectivity index (χ0n) is 12.7. The Bertz CT molecular complexity index is 499. The van der Waals surface area contributed by atoms with Crippen molar-refractivity contribution in [3.05, 3.63) is 0 Å². The highest BCUT2D eigenvalue weighted by Crippen LogP contribution is 2.48. The summed E-state index contributed by atoms with van der Waals surface area (Å²) in [6.45, 7) is 2.28. The molecule has 0 radical (unpaired) electrons. The van der Waals surface area contributed by atoms with Crippen molar-refractivity contribution in [2.45, 2.75) is 63.5 Å². The van der Waals surface area contributed by atoms with Gasteiger partial charge in [0.2, 0.25) is 0 Å². The predicted molar refractivity (Wildman–Crippen MR) is 81.8 cm³/mol. The SMILES string of the molecule is C[C@H]1CC1CC1(NC(=O)NC2CCS(=O)(=O)CC2)CCC1. The Kier molecular flexibility index (Phi) is 3.93. The molecule has 2 aliphatic carbocycles. The van der Waals surface area contributed by atoms with E-state index >= 15 is 0 Å². The molecule has 3 fully saturated rings. The van der Waals surface area contributed by atoms with E-state index in [0.29, 0.717) is 12.8 Å². The standard InChI is InChI=1S/C15H26N2O3S/c1-11-9-12(11)10-15(5-2-6-15)17-14(18)16-13-3-7-21(19,20)8-4-13/h11-13H,2-10H2,1H3,(H2,16,17,18)/t11-,12?/m0/s1. The molecular weight excluding hydrogens is 288 g/mol. The molecule has 0 bridgehead atoms. The van der Waals surface area contributed by atoms with Crippen LogP contribution in [0.5, 0.6) is 0 Å². The van der Waals surface area contributed by atoms with E-state index in [-0.39, 0.29) is 29.1 Å². The maximum atomic E-state index is 12.2. The molecule has 0 aromatic carbocycles. The summed E-state index contributed by atoms with van der Waals surface area (Å²) in [5, 5.41) is 6.16. The number of urea groups is 1. The highest BCUT2D eigenvalue weighted by Gasteiger charge is 2.45. The maximum Gasteiger partial charge on any atom is 0.315 e. The lowest BCUT2D eigenvalue weighted by molar-refractivity contribution is 0.157. The lowest BCUT2D eigenvalue weighted by atomic mass is 9.73. The zero-order valence-corrected chi connectivity index (χ0v) is 13.5. The lowest BCUT2D eigenvalue weighted by Crippen LogP contribution is -2.58. The number of nitrogens with one attached hydrogen (secondary N) is 2. The Morgan fingerprint density at radius 3 is 2.33 bits per heavy atom. The quantitative estimate of drug-likeness (QED) is 0.831. The van der Waals surface area contributed by atoms with Gasteiger partial charge in [0.15, 0.2) is 0 Å². The normalized spacial score (nSPS) is 33.8. The molecule has 5 nitrogen and oxygen atoms in total. The van der Waals surface area contributed by atoms with E-state index in [1.165, 1.54) is 12.8 Å². The van der Waals surface area contributed by atoms with Gasteiger partial charge in [-0.2, -0.15) is 0 Å². The van der Waals surface area contributed by atoms with Crippen LogP contribution in [0.25, 0.3) is 0 Å². The van der Waals surface area contributed by atoms with E-state index in [4.69, 9.17) is 0 Å². The molecule has 0 aromatic rings. The van der Waals surface area contributed by atoms with Gasteiger partial charge in [-0.1, -0.05) is 6.92 Å². The molecular formula is C15H26N2O3S. The number of hydrogen-bond donors (Lipinski definition) is 2. The summed E-state index contributed by atoms with van der Waals surface area (Å²) in [7, 11) is -2.87. The van der Waals surface area contributed by atoms with Gasteiger partial charge in [0, 0.05) is 11.6 Å². The van der Waals surface area contributed by atoms with Gasteiger partial charge >= 0.3 is 6.03 Å². The minimum atomic E-state index is -2.87. The minimum absolute atomic E-state index is 0.00509. The smallest absolute Gasteiger partial charge is 0.315 e. The number of carbonyl (C=O) groups excluding carboxylic acids is 1. The average molecular weight is 314 g/mol. The van der Waals surface area contributed by atoms with E-state index in [1.54, 1.807) is 0 Å². The van der Waals surface area contributed by atoms with Crippen molar-refractivity contribution in [1.29, 1.82) is 0 Å². The van der Waals surface area contributed by atoms with E-state index < -0.39 is 9.84 Å². The molecule has 21 heavy (non-hydrogen) atoms. The molecule has 120 valence electrons. The second-order valence-electron chi connectivity index (χ2n) is 7.34. The van der Waals surface area contributed by atoms with Crippen LogP contribution < -0.4 is 10.6 Å². The molecule has 0 spiro atoms. The van der Waals surface area contributed by atoms with Gasteiger partial charge in [-0.3, -0.25) is 0 Å². The summed E-state index contributed by atoms with van der Waals surface area (Å²) in [5.74, 6) is 1.99. The molecule has 0 aromatic heterocycles. The van der Waals surface area contributed by atoms with Crippen LogP contribution in [-0.2, 0) is 9.84 Å². The van der Waals surface area contributed by atoms with Crippen LogP contribution in [0.15, 0.2) is 0 Å². The van der Waals surface area contributed by atoms with Crippen LogP contribution in [0.2, 0.25) is 0 Å². The van der Waals surface area contributed by atoms with Gasteiger partial charge in [-0.15, -0.1) is 0 Å². The average Bonchev–Trinajstić information content (AvgIpc) is 3.05. The van der Waals surface area contributed by atoms with Crippen LogP contribution >= 0.6 is 0 Å². The highest BCUT2D eigenvalue weighted by molar-refractivity contribution is 7.91. The highest BCUT2D eigenvalue weighted by atomic mass is 32.2. The largest absolute Gasteiger partial charge is 0.335 e. The molecule has 6 heteroatoms. The third-order valence-electron chi connectivity index (χ3n) is 5.51. The van der Waals surface area contributed by atoms with Crippen molar-refractivity contribution in [2.24, 2.45) is 11.8 Å². The van der Waals surface area contributed by atoms with Crippen LogP contribution in [0.3, 0.4) is 0 Å². The summed E-state index contributed by atoms with van der Waals surface area (Å²) in [4.78, 5) is 12.2. The van der Waals surface area contributed by atoms with Gasteiger partial charge in [-0.05, 0) is 56.8 Å². The van der Waals surface area contributed by atoms with Gasteiger partial charge in [0.05, 0.1) is 11.5 Å². The molecule has 2 atom stereocenters. The molecule has 1 unspecified atom stereocenters. The number of amides is 2. The third kappa shape index (κ3) is 3.71. The molecule has 2 amide bonds. The van der Waals surface area contributed by atoms with Crippen molar-refractivity contribution in [1.82, 2.24) is 10.6 Å². The fraction of sp³-hybridized carbons (Fsp3) is 0.933. The van der Waals surface area contributed by atoms with Crippen LogP contribution in [0.4, 0.5) is 4.79 Å². The zero-order chi connectivity index (χ0) is 15.1. The maximum absolute atomic E-state index is 12.2. The second kappa shape index (κ2) is 5.45. The van der Waals surface area contributed by atoms with Crippen molar-refractivity contribution < 1.29 is 13.2 Å². The Labute approximate surface area is 127 Å². The van der Waals surface area contributed by atoms with Gasteiger partial charge in [-0.25, -0.2) is 13.2 Å². The first-order valence-corrected chi connectivity index (χ1v) is 9.99. The Morgan fingerprint density at radius 1 is 1.24 bits per heavy atom. The third-order valence-corrected chi connectivity index (χ3v) is 7.22. The predicted octanol–water partition coefficient (Wildman–Crippen LogP) is 1.83. The summed E-state index contributed by atoms with van der Waals surface area (Å²) in [6, 6.07) is -0.0993. The van der Waals surface area contributed by atoms with Crippen molar-refractivity contribution >= 4 is 15.9 Å². The lowest BCUT2D eigenvalue weighted by Gasteiger charge is -2.43. The number of sulfone groups is 1.